The van der Waals surface area contributed by atoms with Crippen LogP contribution in [0.25, 0.3) is 34.5 Å². The Bertz CT molecular complexity index is 1290. The number of carboxylic acid groups (broad SMARTS) is 1. The molecule has 0 spiro atoms. The zero-order valence-electron chi connectivity index (χ0n) is 18.1. The van der Waals surface area contributed by atoms with Gasteiger partial charge in [-0.3, -0.25) is 10.0 Å². The van der Waals surface area contributed by atoms with Crippen molar-refractivity contribution in [1.82, 2.24) is 10.5 Å². The van der Waals surface area contributed by atoms with Gasteiger partial charge in [0.1, 0.15) is 5.69 Å². The minimum absolute atomic E-state index is 0.208. The first-order valence-corrected chi connectivity index (χ1v) is 10.3. The molecule has 0 aliphatic heterocycles. The summed E-state index contributed by atoms with van der Waals surface area (Å²) in [6, 6.07) is 14.1. The smallest absolute Gasteiger partial charge is 0.335 e. The Hall–Kier alpha value is -4.23. The van der Waals surface area contributed by atoms with Crippen molar-refractivity contribution >= 4 is 24.0 Å². The van der Waals surface area contributed by atoms with Crippen molar-refractivity contribution in [3.63, 3.8) is 0 Å². The standard InChI is InChI=1S/C26H22N2O5/c1-15-4-3-5-21-20(14-15)22(25(29)28-32)24(33-2)23(27-21)18-10-6-16(7-11-18)17-8-12-19(13-9-17)26(30)31/h3,5-14,32H,4H2,1-2H3,(H,28,29)(H,30,31). The van der Waals surface area contributed by atoms with E-state index in [0.717, 1.165) is 28.7 Å². The van der Waals surface area contributed by atoms with Crippen LogP contribution in [0.3, 0.4) is 0 Å². The van der Waals surface area contributed by atoms with Gasteiger partial charge in [-0.25, -0.2) is 15.3 Å². The molecule has 7 heteroatoms. The number of hydroxylamine groups is 1. The number of hydrogen-bond donors (Lipinski definition) is 3. The highest BCUT2D eigenvalue weighted by Crippen LogP contribution is 2.38. The molecule has 0 saturated carbocycles. The van der Waals surface area contributed by atoms with Gasteiger partial charge in [0.2, 0.25) is 0 Å². The van der Waals surface area contributed by atoms with Gasteiger partial charge in [0.25, 0.3) is 5.91 Å². The van der Waals surface area contributed by atoms with Crippen molar-refractivity contribution in [2.24, 2.45) is 0 Å². The second kappa shape index (κ2) is 9.10. The van der Waals surface area contributed by atoms with Crippen LogP contribution in [-0.2, 0) is 0 Å². The normalized spacial score (nSPS) is 12.4. The molecule has 3 aromatic rings. The number of carbonyl (C=O) groups is 2. The maximum Gasteiger partial charge on any atom is 0.335 e. The van der Waals surface area contributed by atoms with Crippen LogP contribution in [0, 0.1) is 0 Å². The van der Waals surface area contributed by atoms with Crippen molar-refractivity contribution in [2.75, 3.05) is 7.11 Å². The molecule has 0 fully saturated rings. The van der Waals surface area contributed by atoms with Gasteiger partial charge in [-0.1, -0.05) is 54.1 Å². The number of methoxy groups -OCH3 is 1. The lowest BCUT2D eigenvalue weighted by Crippen LogP contribution is -2.22. The molecule has 0 radical (unpaired) electrons. The summed E-state index contributed by atoms with van der Waals surface area (Å²) in [6.45, 7) is 1.96. The third-order valence-electron chi connectivity index (χ3n) is 5.48. The molecule has 1 amide bonds. The molecule has 0 bridgehead atoms. The number of amides is 1. The van der Waals surface area contributed by atoms with Gasteiger partial charge in [-0.05, 0) is 42.7 Å². The molecule has 1 aromatic heterocycles. The lowest BCUT2D eigenvalue weighted by Gasteiger charge is -2.17. The topological polar surface area (TPSA) is 109 Å². The maximum atomic E-state index is 12.6. The minimum atomic E-state index is -0.972. The Balaban J connectivity index is 1.83. The van der Waals surface area contributed by atoms with Gasteiger partial charge in [-0.15, -0.1) is 0 Å². The molecule has 1 aliphatic carbocycles. The SMILES string of the molecule is COc1c(-c2ccc(-c3ccc(C(=O)O)cc3)cc2)nc2c(c1C(=O)NO)C=C(C)CC=C2. The summed E-state index contributed by atoms with van der Waals surface area (Å²) in [5.74, 6) is -1.39. The summed E-state index contributed by atoms with van der Waals surface area (Å²) in [4.78, 5) is 28.5. The quantitative estimate of drug-likeness (QED) is 0.376. The first-order chi connectivity index (χ1) is 15.9. The van der Waals surface area contributed by atoms with Crippen LogP contribution in [0.4, 0.5) is 0 Å². The van der Waals surface area contributed by atoms with E-state index in [9.17, 15) is 14.8 Å². The summed E-state index contributed by atoms with van der Waals surface area (Å²) in [5.41, 5.74) is 7.36. The first kappa shape index (κ1) is 22.0. The average molecular weight is 442 g/mol. The minimum Gasteiger partial charge on any atom is -0.494 e. The van der Waals surface area contributed by atoms with E-state index in [1.54, 1.807) is 29.7 Å². The monoisotopic (exact) mass is 442 g/mol. The summed E-state index contributed by atoms with van der Waals surface area (Å²) in [6.07, 6.45) is 6.44. The van der Waals surface area contributed by atoms with Crippen LogP contribution in [0.2, 0.25) is 0 Å². The lowest BCUT2D eigenvalue weighted by atomic mass is 9.97. The Labute approximate surface area is 190 Å². The Kier molecular flexibility index (Phi) is 6.06. The first-order valence-electron chi connectivity index (χ1n) is 10.3. The fourth-order valence-electron chi connectivity index (χ4n) is 3.84. The molecule has 0 saturated heterocycles. The van der Waals surface area contributed by atoms with Crippen molar-refractivity contribution in [3.05, 3.63) is 82.6 Å². The molecule has 7 nitrogen and oxygen atoms in total. The molecule has 33 heavy (non-hydrogen) atoms. The van der Waals surface area contributed by atoms with Crippen LogP contribution in [0.1, 0.15) is 45.3 Å². The van der Waals surface area contributed by atoms with E-state index in [4.69, 9.17) is 14.8 Å². The Morgan fingerprint density at radius 1 is 1.00 bits per heavy atom. The number of fused-ring (bicyclic) bond motifs is 1. The third-order valence-corrected chi connectivity index (χ3v) is 5.48. The van der Waals surface area contributed by atoms with Gasteiger partial charge in [0, 0.05) is 11.1 Å². The number of allylic oxidation sites excluding steroid dienone is 2. The van der Waals surface area contributed by atoms with E-state index in [1.807, 2.05) is 49.4 Å². The number of pyridine rings is 1. The molecule has 4 rings (SSSR count). The number of carboxylic acids is 1. The second-order valence-electron chi connectivity index (χ2n) is 7.67. The molecular weight excluding hydrogens is 420 g/mol. The van der Waals surface area contributed by atoms with Crippen molar-refractivity contribution in [3.8, 4) is 28.1 Å². The fourth-order valence-corrected chi connectivity index (χ4v) is 3.84. The molecular formula is C26H22N2O5. The van der Waals surface area contributed by atoms with Crippen molar-refractivity contribution in [1.29, 1.82) is 0 Å². The van der Waals surface area contributed by atoms with Crippen LogP contribution < -0.4 is 10.2 Å². The number of benzene rings is 2. The summed E-state index contributed by atoms with van der Waals surface area (Å²) in [7, 11) is 1.46. The number of ether oxygens (including phenoxy) is 1. The molecule has 0 unspecified atom stereocenters. The maximum absolute atomic E-state index is 12.6. The zero-order chi connectivity index (χ0) is 23.5. The Morgan fingerprint density at radius 2 is 1.61 bits per heavy atom. The molecule has 2 aromatic carbocycles. The number of carbonyl (C=O) groups excluding carboxylic acids is 1. The number of aromatic carboxylic acids is 1. The molecule has 3 N–H and O–H groups in total. The summed E-state index contributed by atoms with van der Waals surface area (Å²) >= 11 is 0. The van der Waals surface area contributed by atoms with Crippen LogP contribution in [-0.4, -0.2) is 34.3 Å². The van der Waals surface area contributed by atoms with Gasteiger partial charge >= 0.3 is 5.97 Å². The summed E-state index contributed by atoms with van der Waals surface area (Å²) in [5, 5.41) is 18.5. The largest absolute Gasteiger partial charge is 0.494 e. The van der Waals surface area contributed by atoms with E-state index in [-0.39, 0.29) is 16.9 Å². The number of nitrogens with zero attached hydrogens (tertiary/aromatic N) is 1. The van der Waals surface area contributed by atoms with Gasteiger partial charge in [0.15, 0.2) is 5.75 Å². The van der Waals surface area contributed by atoms with Crippen LogP contribution in [0.15, 0.2) is 60.2 Å². The number of aromatic nitrogens is 1. The summed E-state index contributed by atoms with van der Waals surface area (Å²) < 4.78 is 5.60. The average Bonchev–Trinajstić information content (AvgIpc) is 3.02. The van der Waals surface area contributed by atoms with Crippen LogP contribution in [0.5, 0.6) is 5.75 Å². The zero-order valence-corrected chi connectivity index (χ0v) is 18.1. The molecule has 1 aliphatic rings. The predicted octanol–water partition coefficient (Wildman–Crippen LogP) is 5.06. The number of rotatable bonds is 5. The third kappa shape index (κ3) is 4.26. The molecule has 166 valence electrons. The van der Waals surface area contributed by atoms with Crippen molar-refractivity contribution < 1.29 is 24.6 Å². The van der Waals surface area contributed by atoms with Crippen molar-refractivity contribution in [2.45, 2.75) is 13.3 Å². The highest BCUT2D eigenvalue weighted by atomic mass is 16.5. The van der Waals surface area contributed by atoms with Gasteiger partial charge in [0.05, 0.1) is 23.9 Å². The van der Waals surface area contributed by atoms with E-state index >= 15 is 0 Å². The highest BCUT2D eigenvalue weighted by molar-refractivity contribution is 6.03. The van der Waals surface area contributed by atoms with Crippen LogP contribution >= 0.6 is 0 Å². The van der Waals surface area contributed by atoms with Gasteiger partial charge < -0.3 is 9.84 Å². The van der Waals surface area contributed by atoms with E-state index in [2.05, 4.69) is 0 Å². The molecule has 1 heterocycles. The van der Waals surface area contributed by atoms with E-state index in [1.165, 1.54) is 7.11 Å². The molecule has 0 atom stereocenters. The van der Waals surface area contributed by atoms with Gasteiger partial charge in [-0.2, -0.15) is 0 Å². The lowest BCUT2D eigenvalue weighted by molar-refractivity contribution is 0.0692. The highest BCUT2D eigenvalue weighted by Gasteiger charge is 2.25. The fraction of sp³-hybridized carbons (Fsp3) is 0.115. The number of hydrogen-bond acceptors (Lipinski definition) is 5. The Morgan fingerprint density at radius 3 is 2.18 bits per heavy atom. The van der Waals surface area contributed by atoms with E-state index < -0.39 is 11.9 Å². The van der Waals surface area contributed by atoms with E-state index in [0.29, 0.717) is 17.0 Å². The number of nitrogens with one attached hydrogen (secondary N) is 1. The predicted molar refractivity (Wildman–Crippen MR) is 125 cm³/mol. The second-order valence-corrected chi connectivity index (χ2v) is 7.67.